The molecular weight excluding hydrogens is 368 g/mol. The fraction of sp³-hybridized carbons (Fsp3) is 0.526. The summed E-state index contributed by atoms with van der Waals surface area (Å²) in [5.41, 5.74) is 0.366. The van der Waals surface area contributed by atoms with Crippen molar-refractivity contribution in [1.82, 2.24) is 19.7 Å². The Hall–Kier alpha value is -2.71. The Labute approximate surface area is 162 Å². The molecule has 0 spiro atoms. The summed E-state index contributed by atoms with van der Waals surface area (Å²) in [4.78, 5) is 18.0. The van der Waals surface area contributed by atoms with Crippen LogP contribution in [0, 0.1) is 11.7 Å². The van der Waals surface area contributed by atoms with Crippen LogP contribution in [0.4, 0.5) is 19.3 Å². The quantitative estimate of drug-likeness (QED) is 0.798. The molecule has 1 aromatic carbocycles. The Morgan fingerprint density at radius 1 is 1.36 bits per heavy atom. The average Bonchev–Trinajstić information content (AvgIpc) is 3.02. The van der Waals surface area contributed by atoms with E-state index in [2.05, 4.69) is 15.4 Å². The van der Waals surface area contributed by atoms with Crippen molar-refractivity contribution in [3.63, 3.8) is 0 Å². The summed E-state index contributed by atoms with van der Waals surface area (Å²) in [6.07, 6.45) is 1.08. The lowest BCUT2D eigenvalue weighted by Gasteiger charge is -2.39. The number of rotatable bonds is 4. The highest BCUT2D eigenvalue weighted by Crippen LogP contribution is 2.34. The van der Waals surface area contributed by atoms with Gasteiger partial charge in [0.2, 0.25) is 0 Å². The van der Waals surface area contributed by atoms with E-state index in [0.29, 0.717) is 24.4 Å². The smallest absolute Gasteiger partial charge is 0.324 e. The molecule has 0 unspecified atom stereocenters. The molecule has 0 bridgehead atoms. The number of amides is 2. The van der Waals surface area contributed by atoms with Gasteiger partial charge in [0.15, 0.2) is 17.9 Å². The summed E-state index contributed by atoms with van der Waals surface area (Å²) in [6.45, 7) is 5.86. The van der Waals surface area contributed by atoms with E-state index in [1.54, 1.807) is 20.9 Å². The van der Waals surface area contributed by atoms with Gasteiger partial charge < -0.3 is 10.1 Å². The van der Waals surface area contributed by atoms with Crippen molar-refractivity contribution in [3.8, 4) is 17.1 Å². The first-order chi connectivity index (χ1) is 13.3. The SMILES string of the molecule is CCOc1cc(F)c(NC(=O)N2[C@H](F)C[C@H](C)C[C@@H]2C)cc1-c1ncn(C)n1. The van der Waals surface area contributed by atoms with Crippen LogP contribution in [0.3, 0.4) is 0 Å². The van der Waals surface area contributed by atoms with Crippen LogP contribution in [0.15, 0.2) is 18.5 Å². The van der Waals surface area contributed by atoms with Gasteiger partial charge in [0.05, 0.1) is 17.9 Å². The third-order valence-electron chi connectivity index (χ3n) is 4.80. The number of hydrogen-bond donors (Lipinski definition) is 1. The zero-order valence-corrected chi connectivity index (χ0v) is 16.4. The third kappa shape index (κ3) is 4.07. The minimum absolute atomic E-state index is 0.0751. The first-order valence-electron chi connectivity index (χ1n) is 9.35. The second-order valence-electron chi connectivity index (χ2n) is 7.20. The van der Waals surface area contributed by atoms with E-state index in [1.165, 1.54) is 23.1 Å². The maximum Gasteiger partial charge on any atom is 0.324 e. The number of nitrogens with one attached hydrogen (secondary N) is 1. The molecule has 1 fully saturated rings. The standard InChI is InChI=1S/C19H25F2N5O2/c1-5-28-16-9-14(20)15(8-13(16)18-22-10-25(4)24-18)23-19(27)26-12(3)6-11(2)7-17(26)21/h8-12,17H,5-7H2,1-4H3,(H,23,27)/t11-,12+,17+/m1/s1. The van der Waals surface area contributed by atoms with Crippen molar-refractivity contribution in [3.05, 3.63) is 24.3 Å². The van der Waals surface area contributed by atoms with E-state index >= 15 is 0 Å². The zero-order chi connectivity index (χ0) is 20.4. The van der Waals surface area contributed by atoms with Crippen LogP contribution in [0.5, 0.6) is 5.75 Å². The van der Waals surface area contributed by atoms with E-state index in [0.717, 1.165) is 4.90 Å². The van der Waals surface area contributed by atoms with Crippen molar-refractivity contribution in [2.24, 2.45) is 13.0 Å². The molecule has 2 amide bonds. The second-order valence-corrected chi connectivity index (χ2v) is 7.20. The fourth-order valence-corrected chi connectivity index (χ4v) is 3.58. The molecule has 9 heteroatoms. The predicted molar refractivity (Wildman–Crippen MR) is 101 cm³/mol. The van der Waals surface area contributed by atoms with Gasteiger partial charge in [-0.1, -0.05) is 6.92 Å². The van der Waals surface area contributed by atoms with Gasteiger partial charge in [-0.15, -0.1) is 0 Å². The lowest BCUT2D eigenvalue weighted by Crippen LogP contribution is -2.50. The first-order valence-corrected chi connectivity index (χ1v) is 9.35. The molecule has 3 atom stereocenters. The summed E-state index contributed by atoms with van der Waals surface area (Å²) in [5.74, 6) is 0.126. The molecule has 1 aromatic heterocycles. The molecular formula is C19H25F2N5O2. The summed E-state index contributed by atoms with van der Waals surface area (Å²) >= 11 is 0. The number of carbonyl (C=O) groups excluding carboxylic acids is 1. The first kappa shape index (κ1) is 20.0. The normalized spacial score (nSPS) is 22.2. The molecule has 0 radical (unpaired) electrons. The number of ether oxygens (including phenoxy) is 1. The highest BCUT2D eigenvalue weighted by molar-refractivity contribution is 5.91. The van der Waals surface area contributed by atoms with Crippen molar-refractivity contribution in [1.29, 1.82) is 0 Å². The monoisotopic (exact) mass is 393 g/mol. The van der Waals surface area contributed by atoms with E-state index < -0.39 is 18.1 Å². The Morgan fingerprint density at radius 3 is 2.71 bits per heavy atom. The fourth-order valence-electron chi connectivity index (χ4n) is 3.58. The number of aryl methyl sites for hydroxylation is 1. The molecule has 0 saturated carbocycles. The molecule has 28 heavy (non-hydrogen) atoms. The highest BCUT2D eigenvalue weighted by atomic mass is 19.1. The molecule has 3 rings (SSSR count). The van der Waals surface area contributed by atoms with Crippen LogP contribution in [0.2, 0.25) is 0 Å². The van der Waals surface area contributed by atoms with Crippen LogP contribution in [0.1, 0.15) is 33.6 Å². The van der Waals surface area contributed by atoms with Crippen LogP contribution in [0.25, 0.3) is 11.4 Å². The minimum Gasteiger partial charge on any atom is -0.493 e. The van der Waals surface area contributed by atoms with Gasteiger partial charge in [0, 0.05) is 25.6 Å². The lowest BCUT2D eigenvalue weighted by atomic mass is 9.93. The van der Waals surface area contributed by atoms with Crippen molar-refractivity contribution < 1.29 is 18.3 Å². The predicted octanol–water partition coefficient (Wildman–Crippen LogP) is 3.97. The summed E-state index contributed by atoms with van der Waals surface area (Å²) < 4.78 is 36.1. The topological polar surface area (TPSA) is 72.3 Å². The van der Waals surface area contributed by atoms with Crippen LogP contribution in [-0.4, -0.2) is 44.6 Å². The Bertz CT molecular complexity index is 845. The summed E-state index contributed by atoms with van der Waals surface area (Å²) in [5, 5.41) is 6.71. The number of aromatic nitrogens is 3. The number of alkyl halides is 1. The van der Waals surface area contributed by atoms with Gasteiger partial charge in [0.1, 0.15) is 12.1 Å². The number of hydrogen-bond acceptors (Lipinski definition) is 4. The summed E-state index contributed by atoms with van der Waals surface area (Å²) in [6, 6.07) is 1.65. The molecule has 1 aliphatic rings. The van der Waals surface area contributed by atoms with E-state index in [-0.39, 0.29) is 29.8 Å². The maximum absolute atomic E-state index is 14.6. The lowest BCUT2D eigenvalue weighted by molar-refractivity contribution is 0.0259. The van der Waals surface area contributed by atoms with Gasteiger partial charge in [-0.05, 0) is 32.3 Å². The largest absolute Gasteiger partial charge is 0.493 e. The Balaban J connectivity index is 1.90. The molecule has 1 saturated heterocycles. The zero-order valence-electron chi connectivity index (χ0n) is 16.4. The minimum atomic E-state index is -1.40. The third-order valence-corrected chi connectivity index (χ3v) is 4.80. The number of halogens is 2. The van der Waals surface area contributed by atoms with Crippen molar-refractivity contribution >= 4 is 11.7 Å². The van der Waals surface area contributed by atoms with Crippen LogP contribution in [-0.2, 0) is 7.05 Å². The van der Waals surface area contributed by atoms with E-state index in [1.807, 2.05) is 6.92 Å². The summed E-state index contributed by atoms with van der Waals surface area (Å²) in [7, 11) is 1.71. The number of anilines is 1. The molecule has 1 N–H and O–H groups in total. The number of urea groups is 1. The number of likely N-dealkylation sites (tertiary alicyclic amines) is 1. The molecule has 7 nitrogen and oxygen atoms in total. The van der Waals surface area contributed by atoms with Crippen molar-refractivity contribution in [2.75, 3.05) is 11.9 Å². The van der Waals surface area contributed by atoms with Crippen LogP contribution >= 0.6 is 0 Å². The van der Waals surface area contributed by atoms with E-state index in [4.69, 9.17) is 4.74 Å². The van der Waals surface area contributed by atoms with Crippen molar-refractivity contribution in [2.45, 2.75) is 46.0 Å². The van der Waals surface area contributed by atoms with Gasteiger partial charge >= 0.3 is 6.03 Å². The molecule has 0 aliphatic carbocycles. The molecule has 2 heterocycles. The highest BCUT2D eigenvalue weighted by Gasteiger charge is 2.35. The number of piperidine rings is 1. The number of nitrogens with zero attached hydrogens (tertiary/aromatic N) is 4. The van der Waals surface area contributed by atoms with Gasteiger partial charge in [-0.2, -0.15) is 5.10 Å². The van der Waals surface area contributed by atoms with Gasteiger partial charge in [-0.3, -0.25) is 9.58 Å². The maximum atomic E-state index is 14.6. The number of carbonyl (C=O) groups is 1. The molecule has 152 valence electrons. The van der Waals surface area contributed by atoms with Crippen LogP contribution < -0.4 is 10.1 Å². The van der Waals surface area contributed by atoms with Gasteiger partial charge in [0.25, 0.3) is 0 Å². The van der Waals surface area contributed by atoms with E-state index in [9.17, 15) is 13.6 Å². The average molecular weight is 393 g/mol. The molecule has 2 aromatic rings. The number of benzene rings is 1. The second kappa shape index (κ2) is 8.12. The Morgan fingerprint density at radius 2 is 2.11 bits per heavy atom. The molecule has 1 aliphatic heterocycles. The Kier molecular flexibility index (Phi) is 5.81. The van der Waals surface area contributed by atoms with Gasteiger partial charge in [-0.25, -0.2) is 18.6 Å².